The van der Waals surface area contributed by atoms with Gasteiger partial charge in [0.2, 0.25) is 8.67 Å². The average molecular weight is 346 g/mol. The number of rotatable bonds is 0. The van der Waals surface area contributed by atoms with E-state index >= 15 is 0 Å². The van der Waals surface area contributed by atoms with Crippen LogP contribution in [0.2, 0.25) is 0 Å². The van der Waals surface area contributed by atoms with Crippen LogP contribution in [0.5, 0.6) is 0 Å². The summed E-state index contributed by atoms with van der Waals surface area (Å²) in [5.41, 5.74) is 1.77. The Balaban J connectivity index is 0.000000758. The van der Waals surface area contributed by atoms with Gasteiger partial charge in [-0.25, -0.2) is 0 Å². The smallest absolute Gasteiger partial charge is 0.201 e. The van der Waals surface area contributed by atoms with Crippen molar-refractivity contribution in [1.82, 2.24) is 0 Å². The van der Waals surface area contributed by atoms with Gasteiger partial charge in [0.25, 0.3) is 0 Å². The van der Waals surface area contributed by atoms with Crippen LogP contribution in [0.15, 0.2) is 81.2 Å². The maximum Gasteiger partial charge on any atom is 0.201 e. The van der Waals surface area contributed by atoms with Crippen LogP contribution in [-0.4, -0.2) is 0 Å². The summed E-state index contributed by atoms with van der Waals surface area (Å²) >= 11 is 0. The van der Waals surface area contributed by atoms with E-state index in [1.807, 2.05) is 26.0 Å². The molecule has 124 valence electrons. The van der Waals surface area contributed by atoms with E-state index < -0.39 is 0 Å². The highest BCUT2D eigenvalue weighted by Gasteiger charge is 2.09. The lowest BCUT2D eigenvalue weighted by atomic mass is 9.99. The van der Waals surface area contributed by atoms with Crippen molar-refractivity contribution in [2.45, 2.75) is 13.8 Å². The van der Waals surface area contributed by atoms with Gasteiger partial charge < -0.3 is 8.39 Å². The third-order valence-electron chi connectivity index (χ3n) is 4.33. The number of benzene rings is 4. The van der Waals surface area contributed by atoms with E-state index in [9.17, 15) is 0 Å². The van der Waals surface area contributed by atoms with Gasteiger partial charge >= 0.3 is 0 Å². The molecule has 0 aliphatic rings. The van der Waals surface area contributed by atoms with Gasteiger partial charge in [-0.1, -0.05) is 74.5 Å². The zero-order chi connectivity index (χ0) is 17.2. The minimum Gasteiger partial charge on any atom is -0.421 e. The quantitative estimate of drug-likeness (QED) is 0.287. The van der Waals surface area contributed by atoms with Crippen molar-refractivity contribution in [3.8, 4) is 0 Å². The first kappa shape index (κ1) is 15.8. The van der Waals surface area contributed by atoms with Gasteiger partial charge in [0.1, 0.15) is 11.2 Å². The molecule has 0 N–H and O–H groups in total. The van der Waals surface area contributed by atoms with Crippen LogP contribution in [0.3, 0.4) is 0 Å². The fourth-order valence-electron chi connectivity index (χ4n) is 3.30. The van der Waals surface area contributed by atoms with Gasteiger partial charge in [-0.15, -0.1) is 0 Å². The van der Waals surface area contributed by atoms with E-state index in [2.05, 4.69) is 60.7 Å². The molecule has 25 heavy (non-hydrogen) atoms. The van der Waals surface area contributed by atoms with E-state index in [-0.39, 0.29) is 8.67 Å². The third-order valence-corrected chi connectivity index (χ3v) is 4.94. The lowest BCUT2D eigenvalue weighted by molar-refractivity contribution is 0.663. The van der Waals surface area contributed by atoms with Crippen molar-refractivity contribution in [2.75, 3.05) is 0 Å². The van der Waals surface area contributed by atoms with Crippen molar-refractivity contribution in [2.24, 2.45) is 0 Å². The molecule has 5 aromatic rings. The first-order chi connectivity index (χ1) is 12.4. The van der Waals surface area contributed by atoms with Crippen LogP contribution in [-0.2, 0) is 0 Å². The second kappa shape index (κ2) is 6.66. The summed E-state index contributed by atoms with van der Waals surface area (Å²) in [5.74, 6) is 0. The van der Waals surface area contributed by atoms with E-state index in [4.69, 9.17) is 8.39 Å². The Kier molecular flexibility index (Phi) is 4.21. The Labute approximate surface area is 147 Å². The molecule has 0 bridgehead atoms. The molecule has 1 heterocycles. The summed E-state index contributed by atoms with van der Waals surface area (Å²) in [6.45, 7) is 4.00. The Morgan fingerprint density at radius 3 is 1.48 bits per heavy atom. The van der Waals surface area contributed by atoms with Crippen LogP contribution in [0, 0.1) is 0 Å². The molecule has 5 rings (SSSR count). The molecule has 4 aromatic carbocycles. The minimum absolute atomic E-state index is 0.0290. The first-order valence-electron chi connectivity index (χ1n) is 8.54. The molecule has 1 aromatic heterocycles. The molecule has 0 spiro atoms. The maximum absolute atomic E-state index is 5.89. The van der Waals surface area contributed by atoms with Crippen molar-refractivity contribution in [1.29, 1.82) is 0 Å². The summed E-state index contributed by atoms with van der Waals surface area (Å²) < 4.78 is 11.8. The molecule has 0 amide bonds. The minimum atomic E-state index is -0.0290. The first-order valence-corrected chi connectivity index (χ1v) is 9.36. The average Bonchev–Trinajstić information content (AvgIpc) is 2.89. The molecule has 0 radical (unpaired) electrons. The SMILES string of the molecule is CC.c1ccc2c(c1)ccc1o[pH]oc3ccc4ccccc4c3c12. The largest absolute Gasteiger partial charge is 0.421 e. The molecule has 2 nitrogen and oxygen atoms in total. The van der Waals surface area contributed by atoms with Gasteiger partial charge in [0.15, 0.2) is 0 Å². The summed E-state index contributed by atoms with van der Waals surface area (Å²) in [4.78, 5) is 0. The van der Waals surface area contributed by atoms with Gasteiger partial charge in [-0.3, -0.25) is 0 Å². The zero-order valence-electron chi connectivity index (χ0n) is 14.2. The van der Waals surface area contributed by atoms with Gasteiger partial charge in [0, 0.05) is 10.8 Å². The summed E-state index contributed by atoms with van der Waals surface area (Å²) in [7, 11) is -0.0290. The normalized spacial score (nSPS) is 10.8. The molecule has 0 aliphatic carbocycles. The van der Waals surface area contributed by atoms with E-state index in [1.54, 1.807) is 0 Å². The summed E-state index contributed by atoms with van der Waals surface area (Å²) in [6, 6.07) is 25.1. The molecule has 3 heteroatoms. The monoisotopic (exact) mass is 346 g/mol. The second-order valence-corrected chi connectivity index (χ2v) is 6.18. The number of hydrogen-bond donors (Lipinski definition) is 0. The number of hydrogen-bond acceptors (Lipinski definition) is 2. The molecule has 0 aliphatic heterocycles. The third kappa shape index (κ3) is 2.59. The van der Waals surface area contributed by atoms with E-state index in [1.165, 1.54) is 21.5 Å². The molecule has 0 saturated carbocycles. The topological polar surface area (TPSA) is 26.3 Å². The molecular formula is C22H19O2P. The molecule has 0 saturated heterocycles. The fourth-order valence-corrected chi connectivity index (χ4v) is 3.86. The van der Waals surface area contributed by atoms with Crippen LogP contribution in [0.1, 0.15) is 13.8 Å². The standard InChI is InChI=1S/C20H13O2P.C2H6/c1-3-7-15-13(5-1)9-11-17-19(15)20-16-8-4-2-6-14(16)10-12-18(20)22-23-21-17;1-2/h1-12,23H;1-2H3. The van der Waals surface area contributed by atoms with E-state index in [0.717, 1.165) is 21.9 Å². The van der Waals surface area contributed by atoms with Crippen molar-refractivity contribution >= 4 is 52.2 Å². The Bertz CT molecular complexity index is 1130. The van der Waals surface area contributed by atoms with Crippen molar-refractivity contribution in [3.63, 3.8) is 0 Å². The fraction of sp³-hybridized carbons (Fsp3) is 0.0909. The van der Waals surface area contributed by atoms with Crippen LogP contribution >= 0.6 is 8.67 Å². The second-order valence-electron chi connectivity index (χ2n) is 5.61. The maximum atomic E-state index is 5.89. The molecule has 0 fully saturated rings. The highest BCUT2D eigenvalue weighted by Crippen LogP contribution is 2.36. The van der Waals surface area contributed by atoms with Crippen LogP contribution < -0.4 is 0 Å². The highest BCUT2D eigenvalue weighted by atomic mass is 31.1. The van der Waals surface area contributed by atoms with Crippen molar-refractivity contribution < 1.29 is 8.39 Å². The molecule has 0 unspecified atom stereocenters. The Morgan fingerprint density at radius 2 is 1.00 bits per heavy atom. The number of fused-ring (bicyclic) bond motifs is 7. The van der Waals surface area contributed by atoms with Crippen molar-refractivity contribution in [3.05, 3.63) is 72.8 Å². The lowest BCUT2D eigenvalue weighted by Crippen LogP contribution is -1.79. The Hall–Kier alpha value is -2.70. The molecule has 0 atom stereocenters. The van der Waals surface area contributed by atoms with Gasteiger partial charge in [0.05, 0.1) is 0 Å². The summed E-state index contributed by atoms with van der Waals surface area (Å²) in [5, 5.41) is 7.05. The Morgan fingerprint density at radius 1 is 0.560 bits per heavy atom. The summed E-state index contributed by atoms with van der Waals surface area (Å²) in [6.07, 6.45) is 0. The van der Waals surface area contributed by atoms with Crippen LogP contribution in [0.25, 0.3) is 43.5 Å². The van der Waals surface area contributed by atoms with Crippen LogP contribution in [0.4, 0.5) is 0 Å². The van der Waals surface area contributed by atoms with E-state index in [0.29, 0.717) is 0 Å². The van der Waals surface area contributed by atoms with Gasteiger partial charge in [-0.05, 0) is 33.7 Å². The zero-order valence-corrected chi connectivity index (χ0v) is 15.2. The highest BCUT2D eigenvalue weighted by molar-refractivity contribution is 7.15. The van der Waals surface area contributed by atoms with Gasteiger partial charge in [-0.2, -0.15) is 0 Å². The predicted molar refractivity (Wildman–Crippen MR) is 109 cm³/mol. The lowest BCUT2D eigenvalue weighted by Gasteiger charge is -2.05. The predicted octanol–water partition coefficient (Wildman–Crippen LogP) is 7.67. The molecular weight excluding hydrogens is 327 g/mol.